The molecule has 3 heterocycles. The van der Waals surface area contributed by atoms with Gasteiger partial charge in [-0.05, 0) is 36.8 Å². The zero-order chi connectivity index (χ0) is 29.7. The van der Waals surface area contributed by atoms with Crippen molar-refractivity contribution in [2.45, 2.75) is 38.6 Å². The maximum absolute atomic E-state index is 13.6. The normalized spacial score (nSPS) is 14.7. The average Bonchev–Trinajstić information content (AvgIpc) is 3.42. The molecule has 4 rings (SSSR count). The molecule has 0 spiro atoms. The molecule has 0 radical (unpaired) electrons. The molecule has 0 fully saturated rings. The zero-order valence-corrected chi connectivity index (χ0v) is 21.7. The Morgan fingerprint density at radius 3 is 2.68 bits per heavy atom. The van der Waals surface area contributed by atoms with Gasteiger partial charge in [-0.1, -0.05) is 11.2 Å². The highest BCUT2D eigenvalue weighted by Crippen LogP contribution is 2.31. The molecular formula is C26H23F4N5O6. The van der Waals surface area contributed by atoms with Gasteiger partial charge in [-0.2, -0.15) is 13.2 Å². The van der Waals surface area contributed by atoms with Gasteiger partial charge in [-0.15, -0.1) is 0 Å². The van der Waals surface area contributed by atoms with Gasteiger partial charge in [0.05, 0.1) is 19.4 Å². The van der Waals surface area contributed by atoms with E-state index in [2.05, 4.69) is 30.2 Å². The van der Waals surface area contributed by atoms with Gasteiger partial charge in [0, 0.05) is 36.7 Å². The van der Waals surface area contributed by atoms with Crippen LogP contribution in [0.3, 0.4) is 0 Å². The highest BCUT2D eigenvalue weighted by atomic mass is 19.4. The number of carbonyl (C=O) groups is 2. The number of nitrogens with zero attached hydrogens (tertiary/aromatic N) is 3. The number of aryl methyl sites for hydroxylation is 1. The number of pyridine rings is 1. The predicted octanol–water partition coefficient (Wildman–Crippen LogP) is 3.06. The van der Waals surface area contributed by atoms with Crippen LogP contribution < -0.4 is 15.6 Å². The number of oxime groups is 1. The Labute approximate surface area is 229 Å². The average molecular weight is 577 g/mol. The quantitative estimate of drug-likeness (QED) is 0.292. The molecule has 0 bridgehead atoms. The second-order valence-electron chi connectivity index (χ2n) is 8.81. The highest BCUT2D eigenvalue weighted by molar-refractivity contribution is 6.02. The number of rotatable bonds is 9. The van der Waals surface area contributed by atoms with E-state index in [0.29, 0.717) is 22.5 Å². The Morgan fingerprint density at radius 2 is 1.95 bits per heavy atom. The molecule has 0 saturated carbocycles. The Bertz CT molecular complexity index is 1560. The summed E-state index contributed by atoms with van der Waals surface area (Å²) in [7, 11) is 1.33. The van der Waals surface area contributed by atoms with E-state index < -0.39 is 42.1 Å². The maximum atomic E-state index is 13.6. The minimum Gasteiger partial charge on any atom is -0.494 e. The summed E-state index contributed by atoms with van der Waals surface area (Å²) in [6, 6.07) is 8.27. The van der Waals surface area contributed by atoms with Crippen LogP contribution in [-0.4, -0.2) is 52.4 Å². The van der Waals surface area contributed by atoms with Crippen LogP contribution in [-0.2, 0) is 27.3 Å². The van der Waals surface area contributed by atoms with Gasteiger partial charge in [-0.25, -0.2) is 19.2 Å². The third-order valence-electron chi connectivity index (χ3n) is 5.90. The fraction of sp³-hybridized carbons (Fsp3) is 0.308. The van der Waals surface area contributed by atoms with Crippen LogP contribution >= 0.6 is 0 Å². The fourth-order valence-electron chi connectivity index (χ4n) is 3.98. The lowest BCUT2D eigenvalue weighted by atomic mass is 10.00. The number of methoxy groups -OCH3 is 1. The van der Waals surface area contributed by atoms with Crippen molar-refractivity contribution >= 4 is 17.6 Å². The number of carbonyl (C=O) groups excluding carboxylic acids is 2. The number of esters is 1. The first-order chi connectivity index (χ1) is 19.4. The van der Waals surface area contributed by atoms with Crippen molar-refractivity contribution in [3.63, 3.8) is 0 Å². The number of hydrogen-bond acceptors (Lipinski definition) is 9. The molecule has 1 aliphatic rings. The molecule has 0 aliphatic carbocycles. The number of aromatic nitrogens is 3. The monoisotopic (exact) mass is 577 g/mol. The van der Waals surface area contributed by atoms with E-state index in [1.165, 1.54) is 43.5 Å². The maximum Gasteiger partial charge on any atom is 0.490 e. The van der Waals surface area contributed by atoms with E-state index in [4.69, 9.17) is 9.57 Å². The summed E-state index contributed by atoms with van der Waals surface area (Å²) in [5.74, 6) is -3.07. The van der Waals surface area contributed by atoms with Gasteiger partial charge in [0.15, 0.2) is 17.7 Å². The second-order valence-corrected chi connectivity index (χ2v) is 8.81. The molecule has 216 valence electrons. The Hall–Kier alpha value is -4.82. The summed E-state index contributed by atoms with van der Waals surface area (Å²) in [6.07, 6.45) is -5.94. The topological polar surface area (TPSA) is 145 Å². The van der Waals surface area contributed by atoms with Crippen molar-refractivity contribution in [2.24, 2.45) is 5.16 Å². The molecule has 2 aromatic heterocycles. The Balaban J connectivity index is 1.44. The van der Waals surface area contributed by atoms with Crippen LogP contribution in [0.15, 0.2) is 46.3 Å². The SMILES string of the molecule is COc1cc(CNC(=O)c2cc(C3=NOC(c4ccc(=O)[nH]c4CCOC(=O)C(F)(F)F)C3)nc(C)n2)ccc1F. The number of aromatic amines is 1. The molecular weight excluding hydrogens is 554 g/mol. The second kappa shape index (κ2) is 12.1. The van der Waals surface area contributed by atoms with Crippen molar-refractivity contribution in [1.82, 2.24) is 20.3 Å². The van der Waals surface area contributed by atoms with Gasteiger partial charge < -0.3 is 24.6 Å². The number of ether oxygens (including phenoxy) is 2. The Morgan fingerprint density at radius 1 is 1.17 bits per heavy atom. The minimum atomic E-state index is -5.13. The van der Waals surface area contributed by atoms with Crippen molar-refractivity contribution in [2.75, 3.05) is 13.7 Å². The molecule has 11 nitrogen and oxygen atoms in total. The lowest BCUT2D eigenvalue weighted by Crippen LogP contribution is -2.26. The smallest absolute Gasteiger partial charge is 0.490 e. The predicted molar refractivity (Wildman–Crippen MR) is 134 cm³/mol. The summed E-state index contributed by atoms with van der Waals surface area (Å²) in [5, 5.41) is 6.75. The van der Waals surface area contributed by atoms with E-state index in [0.717, 1.165) is 0 Å². The van der Waals surface area contributed by atoms with Crippen LogP contribution in [0.25, 0.3) is 0 Å². The molecule has 0 saturated heterocycles. The van der Waals surface area contributed by atoms with E-state index in [1.54, 1.807) is 6.92 Å². The summed E-state index contributed by atoms with van der Waals surface area (Å²) in [5.41, 5.74) is 1.44. The zero-order valence-electron chi connectivity index (χ0n) is 21.7. The lowest BCUT2D eigenvalue weighted by molar-refractivity contribution is -0.199. The van der Waals surface area contributed by atoms with Gasteiger partial charge in [0.25, 0.3) is 5.91 Å². The first-order valence-electron chi connectivity index (χ1n) is 12.1. The number of halogens is 4. The van der Waals surface area contributed by atoms with E-state index in [-0.39, 0.29) is 42.3 Å². The van der Waals surface area contributed by atoms with Gasteiger partial charge in [0.1, 0.15) is 17.2 Å². The van der Waals surface area contributed by atoms with Crippen molar-refractivity contribution in [3.8, 4) is 5.75 Å². The molecule has 15 heteroatoms. The first kappa shape index (κ1) is 29.2. The molecule has 1 aromatic carbocycles. The molecule has 2 N–H and O–H groups in total. The van der Waals surface area contributed by atoms with Crippen LogP contribution in [0.1, 0.15) is 51.4 Å². The van der Waals surface area contributed by atoms with Gasteiger partial charge in [-0.3, -0.25) is 9.59 Å². The molecule has 1 atom stereocenters. The highest BCUT2D eigenvalue weighted by Gasteiger charge is 2.40. The van der Waals surface area contributed by atoms with Crippen LogP contribution in [0.5, 0.6) is 5.75 Å². The van der Waals surface area contributed by atoms with Crippen molar-refractivity contribution < 1.29 is 41.5 Å². The summed E-state index contributed by atoms with van der Waals surface area (Å²) >= 11 is 0. The van der Waals surface area contributed by atoms with Crippen molar-refractivity contribution in [3.05, 3.63) is 86.6 Å². The van der Waals surface area contributed by atoms with Crippen LogP contribution in [0.4, 0.5) is 17.6 Å². The van der Waals surface area contributed by atoms with Gasteiger partial charge in [0.2, 0.25) is 5.56 Å². The Kier molecular flexibility index (Phi) is 8.64. The van der Waals surface area contributed by atoms with E-state index in [9.17, 15) is 31.9 Å². The third-order valence-corrected chi connectivity index (χ3v) is 5.90. The number of alkyl halides is 3. The lowest BCUT2D eigenvalue weighted by Gasteiger charge is -2.14. The first-order valence-corrected chi connectivity index (χ1v) is 12.1. The number of hydrogen-bond donors (Lipinski definition) is 2. The summed E-state index contributed by atoms with van der Waals surface area (Å²) in [4.78, 5) is 52.2. The largest absolute Gasteiger partial charge is 0.494 e. The van der Waals surface area contributed by atoms with Crippen molar-refractivity contribution in [1.29, 1.82) is 0 Å². The standard InChI is InChI=1S/C26H23F4N5O6/c1-13-32-18(10-20(33-13)24(37)31-12-14-3-5-16(27)22(9-14)39-2)19-11-21(41-35-19)15-4-6-23(36)34-17(15)7-8-40-25(38)26(28,29)30/h3-6,9-10,21H,7-8,11-12H2,1-2H3,(H,31,37)(H,34,36). The number of amides is 1. The molecule has 3 aromatic rings. The molecule has 1 unspecified atom stereocenters. The fourth-order valence-corrected chi connectivity index (χ4v) is 3.98. The molecule has 1 amide bonds. The summed E-state index contributed by atoms with van der Waals surface area (Å²) < 4.78 is 60.1. The number of nitrogens with one attached hydrogen (secondary N) is 2. The minimum absolute atomic E-state index is 0.0404. The van der Waals surface area contributed by atoms with Crippen LogP contribution in [0.2, 0.25) is 0 Å². The van der Waals surface area contributed by atoms with Crippen LogP contribution in [0, 0.1) is 12.7 Å². The third kappa shape index (κ3) is 7.23. The molecule has 41 heavy (non-hydrogen) atoms. The van der Waals surface area contributed by atoms with Gasteiger partial charge >= 0.3 is 12.1 Å². The number of H-pyrrole nitrogens is 1. The van der Waals surface area contributed by atoms with E-state index >= 15 is 0 Å². The number of benzene rings is 1. The molecule has 1 aliphatic heterocycles. The summed E-state index contributed by atoms with van der Waals surface area (Å²) in [6.45, 7) is 1.04. The van der Waals surface area contributed by atoms with E-state index in [1.807, 2.05) is 0 Å².